The maximum Gasteiger partial charge on any atom is 0.324 e. The third-order valence-corrected chi connectivity index (χ3v) is 3.38. The Morgan fingerprint density at radius 1 is 1.26 bits per heavy atom. The molecule has 1 aromatic carbocycles. The molecule has 19 heavy (non-hydrogen) atoms. The van der Waals surface area contributed by atoms with Crippen molar-refractivity contribution < 1.29 is 4.79 Å². The number of amides is 2. The Hall–Kier alpha value is -2.50. The first-order valence-electron chi connectivity index (χ1n) is 6.09. The van der Waals surface area contributed by atoms with Crippen LogP contribution < -0.4 is 10.6 Å². The van der Waals surface area contributed by atoms with Crippen LogP contribution in [0.1, 0.15) is 0 Å². The maximum atomic E-state index is 11.9. The van der Waals surface area contributed by atoms with Crippen molar-refractivity contribution in [1.29, 1.82) is 0 Å². The molecule has 0 radical (unpaired) electrons. The van der Waals surface area contributed by atoms with E-state index in [-0.39, 0.29) is 6.03 Å². The summed E-state index contributed by atoms with van der Waals surface area (Å²) in [5.41, 5.74) is 8.54. The third-order valence-electron chi connectivity index (χ3n) is 3.38. The fourth-order valence-corrected chi connectivity index (χ4v) is 2.23. The summed E-state index contributed by atoms with van der Waals surface area (Å²) >= 11 is 0. The van der Waals surface area contributed by atoms with Crippen molar-refractivity contribution >= 4 is 17.5 Å². The van der Waals surface area contributed by atoms with Gasteiger partial charge in [-0.25, -0.2) is 4.79 Å². The van der Waals surface area contributed by atoms with E-state index in [1.54, 1.807) is 16.0 Å². The van der Waals surface area contributed by atoms with Gasteiger partial charge in [-0.3, -0.25) is 10.00 Å². The number of nitrogen functional groups attached to an aromatic ring is 1. The first-order chi connectivity index (χ1) is 9.16. The number of nitrogens with zero attached hydrogens (tertiary/aromatic N) is 3. The van der Waals surface area contributed by atoms with Gasteiger partial charge in [-0.2, -0.15) is 5.10 Å². The van der Waals surface area contributed by atoms with Gasteiger partial charge in [0.15, 0.2) is 0 Å². The molecule has 0 aliphatic carbocycles. The zero-order valence-electron chi connectivity index (χ0n) is 10.6. The highest BCUT2D eigenvalue weighted by Crippen LogP contribution is 2.27. The van der Waals surface area contributed by atoms with E-state index in [1.807, 2.05) is 31.3 Å². The van der Waals surface area contributed by atoms with E-state index in [2.05, 4.69) is 10.2 Å². The first kappa shape index (κ1) is 11.6. The SMILES string of the molecule is CN1CCN(c2ccc(-c3cn[nH]c3N)cc2)C1=O. The van der Waals surface area contributed by atoms with Gasteiger partial charge in [-0.1, -0.05) is 12.1 Å². The molecular weight excluding hydrogens is 242 g/mol. The Bertz CT molecular complexity index is 604. The predicted molar refractivity (Wildman–Crippen MR) is 73.8 cm³/mol. The minimum absolute atomic E-state index is 0.0376. The van der Waals surface area contributed by atoms with Crippen molar-refractivity contribution in [3.05, 3.63) is 30.5 Å². The lowest BCUT2D eigenvalue weighted by Crippen LogP contribution is -2.29. The summed E-state index contributed by atoms with van der Waals surface area (Å²) in [4.78, 5) is 15.4. The normalized spacial score (nSPS) is 15.3. The molecule has 1 fully saturated rings. The van der Waals surface area contributed by atoms with Gasteiger partial charge in [0, 0.05) is 31.4 Å². The lowest BCUT2D eigenvalue weighted by atomic mass is 10.1. The van der Waals surface area contributed by atoms with Crippen LogP contribution in [0.3, 0.4) is 0 Å². The molecule has 98 valence electrons. The van der Waals surface area contributed by atoms with Gasteiger partial charge in [-0.15, -0.1) is 0 Å². The molecule has 0 unspecified atom stereocenters. The number of aromatic amines is 1. The molecular formula is C13H15N5O. The molecule has 2 aromatic rings. The number of nitrogens with two attached hydrogens (primary N) is 1. The lowest BCUT2D eigenvalue weighted by Gasteiger charge is -2.16. The highest BCUT2D eigenvalue weighted by atomic mass is 16.2. The Labute approximate surface area is 110 Å². The summed E-state index contributed by atoms with van der Waals surface area (Å²) < 4.78 is 0. The van der Waals surface area contributed by atoms with Gasteiger partial charge in [0.05, 0.1) is 6.20 Å². The quantitative estimate of drug-likeness (QED) is 0.856. The molecule has 3 N–H and O–H groups in total. The predicted octanol–water partition coefficient (Wildman–Crippen LogP) is 1.53. The van der Waals surface area contributed by atoms with Gasteiger partial charge in [0.2, 0.25) is 0 Å². The molecule has 6 heteroatoms. The number of H-pyrrole nitrogens is 1. The summed E-state index contributed by atoms with van der Waals surface area (Å²) in [7, 11) is 1.81. The van der Waals surface area contributed by atoms with Crippen molar-refractivity contribution in [2.24, 2.45) is 0 Å². The van der Waals surface area contributed by atoms with E-state index in [9.17, 15) is 4.79 Å². The molecule has 0 bridgehead atoms. The fourth-order valence-electron chi connectivity index (χ4n) is 2.23. The smallest absolute Gasteiger partial charge is 0.324 e. The van der Waals surface area contributed by atoms with Crippen LogP contribution in [0.4, 0.5) is 16.3 Å². The summed E-state index contributed by atoms with van der Waals surface area (Å²) in [6, 6.07) is 7.79. The number of benzene rings is 1. The maximum absolute atomic E-state index is 11.9. The number of aromatic nitrogens is 2. The second kappa shape index (κ2) is 4.31. The standard InChI is InChI=1S/C13H15N5O/c1-17-6-7-18(13(17)19)10-4-2-9(3-5-10)11-8-15-16-12(11)14/h2-5,8H,6-7H2,1H3,(H3,14,15,16). The van der Waals surface area contributed by atoms with Gasteiger partial charge in [0.1, 0.15) is 5.82 Å². The Morgan fingerprint density at radius 2 is 2.00 bits per heavy atom. The zero-order chi connectivity index (χ0) is 13.4. The first-order valence-corrected chi connectivity index (χ1v) is 6.09. The molecule has 3 rings (SSSR count). The van der Waals surface area contributed by atoms with Crippen molar-refractivity contribution in [2.75, 3.05) is 30.8 Å². The second-order valence-electron chi connectivity index (χ2n) is 4.60. The number of hydrogen-bond donors (Lipinski definition) is 2. The van der Waals surface area contributed by atoms with E-state index < -0.39 is 0 Å². The Morgan fingerprint density at radius 3 is 2.53 bits per heavy atom. The van der Waals surface area contributed by atoms with Crippen molar-refractivity contribution in [2.45, 2.75) is 0 Å². The van der Waals surface area contributed by atoms with Crippen LogP contribution in [0.2, 0.25) is 0 Å². The van der Waals surface area contributed by atoms with Crippen LogP contribution >= 0.6 is 0 Å². The summed E-state index contributed by atoms with van der Waals surface area (Å²) in [5.74, 6) is 0.546. The number of rotatable bonds is 2. The van der Waals surface area contributed by atoms with E-state index in [0.717, 1.165) is 29.9 Å². The summed E-state index contributed by atoms with van der Waals surface area (Å²) in [6.07, 6.45) is 1.69. The summed E-state index contributed by atoms with van der Waals surface area (Å²) in [5, 5.41) is 6.61. The molecule has 0 spiro atoms. The minimum atomic E-state index is 0.0376. The van der Waals surface area contributed by atoms with Crippen LogP contribution in [0.25, 0.3) is 11.1 Å². The molecule has 2 amide bonds. The van der Waals surface area contributed by atoms with E-state index in [4.69, 9.17) is 5.73 Å². The number of carbonyl (C=O) groups is 1. The number of anilines is 2. The highest BCUT2D eigenvalue weighted by Gasteiger charge is 2.26. The molecule has 1 aliphatic rings. The van der Waals surface area contributed by atoms with Crippen molar-refractivity contribution in [3.8, 4) is 11.1 Å². The van der Waals surface area contributed by atoms with E-state index >= 15 is 0 Å². The molecule has 2 heterocycles. The highest BCUT2D eigenvalue weighted by molar-refractivity contribution is 5.94. The summed E-state index contributed by atoms with van der Waals surface area (Å²) in [6.45, 7) is 1.48. The average Bonchev–Trinajstić information content (AvgIpc) is 2.98. The fraction of sp³-hybridized carbons (Fsp3) is 0.231. The molecule has 0 saturated carbocycles. The van der Waals surface area contributed by atoms with Crippen molar-refractivity contribution in [1.82, 2.24) is 15.1 Å². The van der Waals surface area contributed by atoms with Gasteiger partial charge >= 0.3 is 6.03 Å². The lowest BCUT2D eigenvalue weighted by molar-refractivity contribution is 0.229. The molecule has 1 aromatic heterocycles. The molecule has 1 aliphatic heterocycles. The Balaban J connectivity index is 1.88. The van der Waals surface area contributed by atoms with E-state index in [1.165, 1.54) is 0 Å². The largest absolute Gasteiger partial charge is 0.384 e. The number of likely N-dealkylation sites (N-methyl/N-ethyl adjacent to an activating group) is 1. The van der Waals surface area contributed by atoms with Crippen molar-refractivity contribution in [3.63, 3.8) is 0 Å². The van der Waals surface area contributed by atoms with Gasteiger partial charge in [0.25, 0.3) is 0 Å². The number of carbonyl (C=O) groups excluding carboxylic acids is 1. The van der Waals surface area contributed by atoms with E-state index in [0.29, 0.717) is 5.82 Å². The topological polar surface area (TPSA) is 78.2 Å². The average molecular weight is 257 g/mol. The van der Waals surface area contributed by atoms with Gasteiger partial charge in [-0.05, 0) is 17.7 Å². The van der Waals surface area contributed by atoms with Crippen LogP contribution in [0.15, 0.2) is 30.5 Å². The van der Waals surface area contributed by atoms with Crippen LogP contribution in [-0.4, -0.2) is 41.3 Å². The molecule has 1 saturated heterocycles. The zero-order valence-corrected chi connectivity index (χ0v) is 10.6. The molecule has 6 nitrogen and oxygen atoms in total. The second-order valence-corrected chi connectivity index (χ2v) is 4.60. The van der Waals surface area contributed by atoms with Crippen LogP contribution in [0, 0.1) is 0 Å². The third kappa shape index (κ3) is 1.91. The number of urea groups is 1. The van der Waals surface area contributed by atoms with Gasteiger partial charge < -0.3 is 10.6 Å². The number of nitrogens with one attached hydrogen (secondary N) is 1. The number of hydrogen-bond acceptors (Lipinski definition) is 3. The minimum Gasteiger partial charge on any atom is -0.384 e. The van der Waals surface area contributed by atoms with Crippen LogP contribution in [-0.2, 0) is 0 Å². The Kier molecular flexibility index (Phi) is 2.63. The monoisotopic (exact) mass is 257 g/mol. The molecule has 0 atom stereocenters. The van der Waals surface area contributed by atoms with Crippen LogP contribution in [0.5, 0.6) is 0 Å².